The van der Waals surface area contributed by atoms with Crippen LogP contribution in [0.25, 0.3) is 0 Å². The molecule has 0 saturated heterocycles. The van der Waals surface area contributed by atoms with Crippen LogP contribution in [0.3, 0.4) is 0 Å². The van der Waals surface area contributed by atoms with Gasteiger partial charge < -0.3 is 10.4 Å². The number of amides is 1. The predicted octanol–water partition coefficient (Wildman–Crippen LogP) is 2.75. The zero-order valence-electron chi connectivity index (χ0n) is 13.6. The van der Waals surface area contributed by atoms with E-state index in [0.29, 0.717) is 23.6 Å². The van der Waals surface area contributed by atoms with Crippen LogP contribution in [0.15, 0.2) is 18.2 Å². The fourth-order valence-electron chi connectivity index (χ4n) is 1.74. The summed E-state index contributed by atoms with van der Waals surface area (Å²) in [7, 11) is 0. The van der Waals surface area contributed by atoms with E-state index in [2.05, 4.69) is 44.9 Å². The van der Waals surface area contributed by atoms with Gasteiger partial charge in [0.25, 0.3) is 5.91 Å². The number of benzene rings is 1. The Morgan fingerprint density at radius 2 is 2.05 bits per heavy atom. The molecule has 0 saturated carbocycles. The highest BCUT2D eigenvalue weighted by Crippen LogP contribution is 2.24. The van der Waals surface area contributed by atoms with Crippen molar-refractivity contribution >= 4 is 5.91 Å². The second-order valence-electron chi connectivity index (χ2n) is 6.49. The molecular formula is C18H25NO2. The van der Waals surface area contributed by atoms with Gasteiger partial charge in [-0.2, -0.15) is 0 Å². The van der Waals surface area contributed by atoms with Gasteiger partial charge in [-0.3, -0.25) is 4.79 Å². The average molecular weight is 287 g/mol. The number of rotatable bonds is 3. The monoisotopic (exact) mass is 287 g/mol. The molecule has 1 atom stereocenters. The predicted molar refractivity (Wildman–Crippen MR) is 86.1 cm³/mol. The zero-order chi connectivity index (χ0) is 16.0. The van der Waals surface area contributed by atoms with Crippen molar-refractivity contribution in [3.63, 3.8) is 0 Å². The van der Waals surface area contributed by atoms with Gasteiger partial charge in [0.2, 0.25) is 0 Å². The van der Waals surface area contributed by atoms with Crippen LogP contribution >= 0.6 is 0 Å². The van der Waals surface area contributed by atoms with Crippen molar-refractivity contribution in [1.82, 2.24) is 5.32 Å². The van der Waals surface area contributed by atoms with Gasteiger partial charge in [0.05, 0.1) is 5.56 Å². The van der Waals surface area contributed by atoms with Gasteiger partial charge >= 0.3 is 0 Å². The van der Waals surface area contributed by atoms with Crippen LogP contribution in [-0.2, 0) is 0 Å². The molecule has 0 aliphatic carbocycles. The third kappa shape index (κ3) is 5.24. The number of carbonyl (C=O) groups is 1. The number of aliphatic hydroxyl groups excluding tert-OH is 1. The second-order valence-corrected chi connectivity index (χ2v) is 6.49. The van der Waals surface area contributed by atoms with E-state index in [1.165, 1.54) is 0 Å². The lowest BCUT2D eigenvalue weighted by Crippen LogP contribution is -2.34. The Morgan fingerprint density at radius 1 is 1.38 bits per heavy atom. The highest BCUT2D eigenvalue weighted by molar-refractivity contribution is 5.96. The van der Waals surface area contributed by atoms with Crippen LogP contribution in [0, 0.1) is 30.1 Å². The molecule has 1 unspecified atom stereocenters. The van der Waals surface area contributed by atoms with Crippen LogP contribution in [0.4, 0.5) is 0 Å². The van der Waals surface area contributed by atoms with Crippen molar-refractivity contribution in [3.05, 3.63) is 34.9 Å². The molecule has 0 spiro atoms. The summed E-state index contributed by atoms with van der Waals surface area (Å²) < 4.78 is 0. The van der Waals surface area contributed by atoms with Gasteiger partial charge in [0.1, 0.15) is 6.61 Å². The smallest absolute Gasteiger partial charge is 0.252 e. The van der Waals surface area contributed by atoms with Gasteiger partial charge in [-0.15, -0.1) is 0 Å². The molecule has 0 aliphatic heterocycles. The summed E-state index contributed by atoms with van der Waals surface area (Å²) in [4.78, 5) is 12.3. The van der Waals surface area contributed by atoms with Gasteiger partial charge in [-0.25, -0.2) is 0 Å². The minimum atomic E-state index is -0.212. The van der Waals surface area contributed by atoms with E-state index in [4.69, 9.17) is 5.11 Å². The van der Waals surface area contributed by atoms with E-state index >= 15 is 0 Å². The van der Waals surface area contributed by atoms with Crippen molar-refractivity contribution in [1.29, 1.82) is 0 Å². The SMILES string of the molecule is Cc1ccc(C(=O)NCC(C)C(C)(C)C)c(C#CCO)c1. The molecule has 0 aliphatic rings. The molecule has 0 heterocycles. The lowest BCUT2D eigenvalue weighted by atomic mass is 9.82. The second kappa shape index (κ2) is 7.28. The van der Waals surface area contributed by atoms with Crippen molar-refractivity contribution in [2.75, 3.05) is 13.2 Å². The molecule has 0 fully saturated rings. The molecule has 1 rings (SSSR count). The summed E-state index contributed by atoms with van der Waals surface area (Å²) in [5.74, 6) is 5.70. The molecule has 0 radical (unpaired) electrons. The standard InChI is InChI=1S/C18H25NO2/c1-13-8-9-16(15(11-13)7-6-10-20)17(21)19-12-14(2)18(3,4)5/h8-9,11,14,20H,10,12H2,1-5H3,(H,19,21). The van der Waals surface area contributed by atoms with Crippen LogP contribution < -0.4 is 5.32 Å². The summed E-state index contributed by atoms with van der Waals surface area (Å²) in [5, 5.41) is 11.8. The van der Waals surface area contributed by atoms with Crippen molar-refractivity contribution < 1.29 is 9.90 Å². The van der Waals surface area contributed by atoms with E-state index in [-0.39, 0.29) is 17.9 Å². The summed E-state index contributed by atoms with van der Waals surface area (Å²) in [6, 6.07) is 5.55. The first kappa shape index (κ1) is 17.3. The Morgan fingerprint density at radius 3 is 2.62 bits per heavy atom. The van der Waals surface area contributed by atoms with Gasteiger partial charge in [-0.05, 0) is 36.0 Å². The van der Waals surface area contributed by atoms with Crippen molar-refractivity contribution in [2.24, 2.45) is 11.3 Å². The van der Waals surface area contributed by atoms with Gasteiger partial charge in [0, 0.05) is 12.1 Å². The topological polar surface area (TPSA) is 49.3 Å². The van der Waals surface area contributed by atoms with E-state index in [1.807, 2.05) is 19.1 Å². The molecular weight excluding hydrogens is 262 g/mol. The van der Waals surface area contributed by atoms with Crippen molar-refractivity contribution in [2.45, 2.75) is 34.6 Å². The lowest BCUT2D eigenvalue weighted by molar-refractivity contribution is 0.0937. The summed E-state index contributed by atoms with van der Waals surface area (Å²) >= 11 is 0. The van der Waals surface area contributed by atoms with E-state index in [9.17, 15) is 4.79 Å². The average Bonchev–Trinajstić information content (AvgIpc) is 2.41. The van der Waals surface area contributed by atoms with E-state index < -0.39 is 0 Å². The Bertz CT molecular complexity index is 559. The van der Waals surface area contributed by atoms with Gasteiger partial charge in [-0.1, -0.05) is 45.6 Å². The number of aryl methyl sites for hydroxylation is 1. The fourth-order valence-corrected chi connectivity index (χ4v) is 1.74. The molecule has 114 valence electrons. The maximum Gasteiger partial charge on any atom is 0.252 e. The van der Waals surface area contributed by atoms with Crippen LogP contribution in [0.5, 0.6) is 0 Å². The first-order chi connectivity index (χ1) is 9.75. The van der Waals surface area contributed by atoms with Crippen LogP contribution in [0.1, 0.15) is 49.2 Å². The molecule has 1 amide bonds. The molecule has 3 nitrogen and oxygen atoms in total. The highest BCUT2D eigenvalue weighted by atomic mass is 16.2. The molecule has 3 heteroatoms. The molecule has 1 aromatic carbocycles. The molecule has 0 bridgehead atoms. The quantitative estimate of drug-likeness (QED) is 0.840. The van der Waals surface area contributed by atoms with Crippen molar-refractivity contribution in [3.8, 4) is 11.8 Å². The summed E-state index contributed by atoms with van der Waals surface area (Å²) in [5.41, 5.74) is 2.41. The van der Waals surface area contributed by atoms with Crippen LogP contribution in [-0.4, -0.2) is 24.2 Å². The normalized spacial score (nSPS) is 12.3. The number of hydrogen-bond acceptors (Lipinski definition) is 2. The third-order valence-corrected chi connectivity index (χ3v) is 3.77. The minimum Gasteiger partial charge on any atom is -0.384 e. The molecule has 0 aromatic heterocycles. The van der Waals surface area contributed by atoms with E-state index in [0.717, 1.165) is 5.56 Å². The highest BCUT2D eigenvalue weighted by Gasteiger charge is 2.21. The Hall–Kier alpha value is -1.79. The van der Waals surface area contributed by atoms with Gasteiger partial charge in [0.15, 0.2) is 0 Å². The number of hydrogen-bond donors (Lipinski definition) is 2. The maximum atomic E-state index is 12.3. The largest absolute Gasteiger partial charge is 0.384 e. The number of nitrogens with one attached hydrogen (secondary N) is 1. The first-order valence-corrected chi connectivity index (χ1v) is 7.24. The summed E-state index contributed by atoms with van der Waals surface area (Å²) in [6.45, 7) is 11.0. The summed E-state index contributed by atoms with van der Waals surface area (Å²) in [6.07, 6.45) is 0. The maximum absolute atomic E-state index is 12.3. The Kier molecular flexibility index (Phi) is 5.99. The Labute approximate surface area is 127 Å². The molecule has 21 heavy (non-hydrogen) atoms. The fraction of sp³-hybridized carbons (Fsp3) is 0.500. The van der Waals surface area contributed by atoms with Crippen LogP contribution in [0.2, 0.25) is 0 Å². The lowest BCUT2D eigenvalue weighted by Gasteiger charge is -2.27. The molecule has 2 N–H and O–H groups in total. The third-order valence-electron chi connectivity index (χ3n) is 3.77. The van der Waals surface area contributed by atoms with E-state index in [1.54, 1.807) is 6.07 Å². The Balaban J connectivity index is 2.88. The zero-order valence-corrected chi connectivity index (χ0v) is 13.6. The first-order valence-electron chi connectivity index (χ1n) is 7.24. The number of aliphatic hydroxyl groups is 1. The molecule has 1 aromatic rings. The minimum absolute atomic E-state index is 0.117. The number of carbonyl (C=O) groups excluding carboxylic acids is 1.